The second-order valence-corrected chi connectivity index (χ2v) is 6.62. The monoisotopic (exact) mass is 257 g/mol. The Morgan fingerprint density at radius 3 is 2.42 bits per heavy atom. The third-order valence-electron chi connectivity index (χ3n) is 5.28. The molecule has 0 aromatic heterocycles. The Morgan fingerprint density at radius 2 is 1.79 bits per heavy atom. The summed E-state index contributed by atoms with van der Waals surface area (Å²) in [5.74, 6) is 0. The first-order chi connectivity index (χ1) is 9.33. The molecule has 4 rings (SSSR count). The van der Waals surface area contributed by atoms with Crippen molar-refractivity contribution in [3.8, 4) is 0 Å². The number of hydrogen-bond acceptors (Lipinski definition) is 2. The Hall–Kier alpha value is -0.860. The van der Waals surface area contributed by atoms with Gasteiger partial charge >= 0.3 is 0 Å². The highest BCUT2D eigenvalue weighted by Gasteiger charge is 2.43. The Labute approximate surface area is 115 Å². The van der Waals surface area contributed by atoms with Crippen molar-refractivity contribution in [2.45, 2.75) is 62.6 Å². The number of hydrogen-bond donors (Lipinski definition) is 1. The average molecular weight is 257 g/mol. The molecule has 19 heavy (non-hydrogen) atoms. The Bertz CT molecular complexity index is 441. The number of rotatable bonds is 2. The topological polar surface area (TPSA) is 21.3 Å². The van der Waals surface area contributed by atoms with Crippen molar-refractivity contribution in [3.63, 3.8) is 0 Å². The molecule has 0 bridgehead atoms. The minimum Gasteiger partial charge on any atom is -0.375 e. The number of nitrogens with one attached hydrogen (secondary N) is 1. The molecule has 1 aromatic carbocycles. The fourth-order valence-corrected chi connectivity index (χ4v) is 4.10. The largest absolute Gasteiger partial charge is 0.375 e. The van der Waals surface area contributed by atoms with E-state index in [-0.39, 0.29) is 5.60 Å². The van der Waals surface area contributed by atoms with Crippen molar-refractivity contribution in [1.82, 2.24) is 5.32 Å². The van der Waals surface area contributed by atoms with Crippen LogP contribution in [0.4, 0.5) is 0 Å². The zero-order chi connectivity index (χ0) is 12.7. The van der Waals surface area contributed by atoms with Crippen LogP contribution in [0.15, 0.2) is 24.3 Å². The molecule has 2 heteroatoms. The fourth-order valence-electron chi connectivity index (χ4n) is 4.10. The number of benzene rings is 1. The minimum absolute atomic E-state index is 0.265. The molecule has 102 valence electrons. The van der Waals surface area contributed by atoms with Gasteiger partial charge in [-0.1, -0.05) is 24.3 Å². The lowest BCUT2D eigenvalue weighted by Crippen LogP contribution is -2.52. The molecular weight excluding hydrogens is 234 g/mol. The van der Waals surface area contributed by atoms with Crippen LogP contribution in [0, 0.1) is 0 Å². The molecule has 0 radical (unpaired) electrons. The molecule has 2 fully saturated rings. The van der Waals surface area contributed by atoms with Crippen molar-refractivity contribution in [2.75, 3.05) is 6.61 Å². The van der Waals surface area contributed by atoms with Gasteiger partial charge in [0.15, 0.2) is 0 Å². The first-order valence-electron chi connectivity index (χ1n) is 7.80. The third-order valence-corrected chi connectivity index (χ3v) is 5.28. The van der Waals surface area contributed by atoms with Gasteiger partial charge in [-0.15, -0.1) is 0 Å². The first-order valence-corrected chi connectivity index (χ1v) is 7.80. The molecule has 2 aliphatic carbocycles. The van der Waals surface area contributed by atoms with Crippen molar-refractivity contribution in [1.29, 1.82) is 0 Å². The molecular formula is C17H23NO. The molecule has 3 aliphatic rings. The van der Waals surface area contributed by atoms with E-state index in [4.69, 9.17) is 4.74 Å². The normalized spacial score (nSPS) is 29.2. The van der Waals surface area contributed by atoms with Crippen LogP contribution in [0.5, 0.6) is 0 Å². The van der Waals surface area contributed by atoms with Gasteiger partial charge in [0.25, 0.3) is 0 Å². The van der Waals surface area contributed by atoms with Gasteiger partial charge in [0.05, 0.1) is 5.60 Å². The van der Waals surface area contributed by atoms with E-state index in [0.717, 1.165) is 6.61 Å². The van der Waals surface area contributed by atoms with Crippen molar-refractivity contribution in [3.05, 3.63) is 35.4 Å². The van der Waals surface area contributed by atoms with Crippen molar-refractivity contribution < 1.29 is 4.74 Å². The Kier molecular flexibility index (Phi) is 2.89. The lowest BCUT2D eigenvalue weighted by Gasteiger charge is -2.47. The summed E-state index contributed by atoms with van der Waals surface area (Å²) in [7, 11) is 0. The van der Waals surface area contributed by atoms with Crippen molar-refractivity contribution in [2.24, 2.45) is 0 Å². The van der Waals surface area contributed by atoms with Crippen molar-refractivity contribution >= 4 is 0 Å². The van der Waals surface area contributed by atoms with E-state index in [9.17, 15) is 0 Å². The summed E-state index contributed by atoms with van der Waals surface area (Å²) in [4.78, 5) is 0. The average Bonchev–Trinajstić information content (AvgIpc) is 2.79. The summed E-state index contributed by atoms with van der Waals surface area (Å²) >= 11 is 0. The van der Waals surface area contributed by atoms with Gasteiger partial charge < -0.3 is 10.1 Å². The van der Waals surface area contributed by atoms with Crippen LogP contribution >= 0.6 is 0 Å². The first kappa shape index (κ1) is 11.9. The summed E-state index contributed by atoms with van der Waals surface area (Å²) in [6.07, 6.45) is 8.78. The minimum atomic E-state index is 0.265. The zero-order valence-electron chi connectivity index (χ0n) is 11.5. The maximum absolute atomic E-state index is 6.02. The molecule has 1 aromatic rings. The predicted molar refractivity (Wildman–Crippen MR) is 76.3 cm³/mol. The molecule has 1 aliphatic heterocycles. The van der Waals surface area contributed by atoms with E-state index in [1.807, 2.05) is 0 Å². The van der Waals surface area contributed by atoms with Crippen LogP contribution in [0.25, 0.3) is 0 Å². The van der Waals surface area contributed by atoms with Gasteiger partial charge in [0.1, 0.15) is 0 Å². The zero-order valence-corrected chi connectivity index (χ0v) is 11.5. The highest BCUT2D eigenvalue weighted by atomic mass is 16.5. The summed E-state index contributed by atoms with van der Waals surface area (Å²) in [5.41, 5.74) is 3.36. The second-order valence-electron chi connectivity index (χ2n) is 6.62. The number of ether oxygens (including phenoxy) is 1. The lowest BCUT2D eigenvalue weighted by atomic mass is 9.74. The molecule has 1 unspecified atom stereocenters. The van der Waals surface area contributed by atoms with Gasteiger partial charge in [-0.25, -0.2) is 0 Å². The van der Waals surface area contributed by atoms with Crippen LogP contribution in [-0.2, 0) is 17.6 Å². The standard InChI is InChI=1S/C17H23NO/c1-2-5-14-11-16(10-13(14)4-1)18-15-6-9-19-17(12-15)7-3-8-17/h1-2,4-5,15-16,18H,3,6-12H2. The van der Waals surface area contributed by atoms with E-state index in [2.05, 4.69) is 29.6 Å². The van der Waals surface area contributed by atoms with Crippen LogP contribution in [0.2, 0.25) is 0 Å². The van der Waals surface area contributed by atoms with Gasteiger partial charge in [-0.2, -0.15) is 0 Å². The molecule has 1 spiro atoms. The molecule has 1 N–H and O–H groups in total. The fraction of sp³-hybridized carbons (Fsp3) is 0.647. The summed E-state index contributed by atoms with van der Waals surface area (Å²) in [6, 6.07) is 10.2. The second kappa shape index (κ2) is 4.60. The van der Waals surface area contributed by atoms with Crippen LogP contribution in [0.1, 0.15) is 43.2 Å². The van der Waals surface area contributed by atoms with E-state index in [1.54, 1.807) is 11.1 Å². The van der Waals surface area contributed by atoms with Gasteiger partial charge in [-0.3, -0.25) is 0 Å². The van der Waals surface area contributed by atoms with Crippen LogP contribution in [-0.4, -0.2) is 24.3 Å². The molecule has 2 nitrogen and oxygen atoms in total. The van der Waals surface area contributed by atoms with Gasteiger partial charge in [-0.05, 0) is 56.1 Å². The smallest absolute Gasteiger partial charge is 0.0697 e. The summed E-state index contributed by atoms with van der Waals surface area (Å²) in [6.45, 7) is 0.956. The maximum Gasteiger partial charge on any atom is 0.0697 e. The SMILES string of the molecule is c1ccc2c(c1)CC(NC1CCOC3(CCC3)C1)C2. The third kappa shape index (κ3) is 2.21. The molecule has 1 atom stereocenters. The van der Waals surface area contributed by atoms with E-state index in [0.29, 0.717) is 12.1 Å². The Balaban J connectivity index is 1.38. The van der Waals surface area contributed by atoms with Crippen LogP contribution < -0.4 is 5.32 Å². The highest BCUT2D eigenvalue weighted by molar-refractivity contribution is 5.33. The van der Waals surface area contributed by atoms with E-state index < -0.39 is 0 Å². The van der Waals surface area contributed by atoms with Crippen LogP contribution in [0.3, 0.4) is 0 Å². The number of fused-ring (bicyclic) bond motifs is 1. The lowest BCUT2D eigenvalue weighted by molar-refractivity contribution is -0.136. The highest BCUT2D eigenvalue weighted by Crippen LogP contribution is 2.42. The molecule has 1 heterocycles. The predicted octanol–water partition coefficient (Wildman–Crippen LogP) is 2.85. The van der Waals surface area contributed by atoms with E-state index >= 15 is 0 Å². The summed E-state index contributed by atoms with van der Waals surface area (Å²) in [5, 5.41) is 3.91. The maximum atomic E-state index is 6.02. The van der Waals surface area contributed by atoms with Gasteiger partial charge in [0, 0.05) is 18.7 Å². The molecule has 0 amide bonds. The molecule has 1 saturated heterocycles. The van der Waals surface area contributed by atoms with Gasteiger partial charge in [0.2, 0.25) is 0 Å². The quantitative estimate of drug-likeness (QED) is 0.879. The Morgan fingerprint density at radius 1 is 1.05 bits per heavy atom. The molecule has 1 saturated carbocycles. The summed E-state index contributed by atoms with van der Waals surface area (Å²) < 4.78 is 6.02. The van der Waals surface area contributed by atoms with E-state index in [1.165, 1.54) is 44.9 Å².